The molecule has 0 bridgehead atoms. The van der Waals surface area contributed by atoms with E-state index < -0.39 is 0 Å². The van der Waals surface area contributed by atoms with Crippen molar-refractivity contribution in [3.05, 3.63) is 153 Å². The van der Waals surface area contributed by atoms with Gasteiger partial charge >= 0.3 is 0 Å². The molecule has 57 heavy (non-hydrogen) atoms. The molecule has 0 saturated heterocycles. The molecule has 0 saturated carbocycles. The monoisotopic (exact) mass is 804 g/mol. The summed E-state index contributed by atoms with van der Waals surface area (Å²) in [7, 11) is 8.18. The van der Waals surface area contributed by atoms with Gasteiger partial charge in [0.25, 0.3) is 5.56 Å². The fourth-order valence-electron chi connectivity index (χ4n) is 7.32. The van der Waals surface area contributed by atoms with Crippen molar-refractivity contribution in [1.82, 2.24) is 9.97 Å². The normalized spacial score (nSPS) is 10.6. The van der Waals surface area contributed by atoms with Gasteiger partial charge in [0.05, 0.1) is 35.5 Å². The summed E-state index contributed by atoms with van der Waals surface area (Å²) in [6.45, 7) is 3.88. The number of nitrogens with zero attached hydrogens (tertiary/aromatic N) is 1. The lowest BCUT2D eigenvalue weighted by Crippen LogP contribution is -2.15. The van der Waals surface area contributed by atoms with Gasteiger partial charge in [-0.15, -0.1) is 24.8 Å². The highest BCUT2D eigenvalue weighted by molar-refractivity contribution is 5.93. The van der Waals surface area contributed by atoms with Crippen molar-refractivity contribution >= 4 is 67.9 Å². The van der Waals surface area contributed by atoms with Crippen molar-refractivity contribution < 1.29 is 23.7 Å². The van der Waals surface area contributed by atoms with Crippen molar-refractivity contribution in [2.24, 2.45) is 0 Å². The van der Waals surface area contributed by atoms with E-state index in [0.29, 0.717) is 41.7 Å². The lowest BCUT2D eigenvalue weighted by atomic mass is 9.96. The van der Waals surface area contributed by atoms with Gasteiger partial charge in [0.2, 0.25) is 5.88 Å². The van der Waals surface area contributed by atoms with Gasteiger partial charge in [-0.05, 0) is 81.6 Å². The zero-order chi connectivity index (χ0) is 38.6. The summed E-state index contributed by atoms with van der Waals surface area (Å²) in [5.41, 5.74) is 5.72. The number of H-pyrrole nitrogens is 1. The Morgan fingerprint density at radius 1 is 0.491 bits per heavy atom. The Bertz CT molecular complexity index is 2770. The number of nitrogens with one attached hydrogen (secondary N) is 1. The standard InChI is InChI=1S/C24H23NO3.C23H21NO3.2ClH/c1-15-19-13-22(26-2)23(27-3)14-20(19)21(24(25-15)28-4)12-16-9-10-17-7-5-6-8-18(17)11-16;1-14-18-12-21(26-2)22(27-3)13-19(18)20(23(25)24-14)11-15-8-9-16-6-4-5-7-17(16)10-15;;/h5-11,13-14H,12H2,1-4H3;4-10,12-13H,11H2,1-3H3,(H,24,25);2*1H. The highest BCUT2D eigenvalue weighted by Gasteiger charge is 2.18. The van der Waals surface area contributed by atoms with Crippen LogP contribution in [0.5, 0.6) is 28.9 Å². The summed E-state index contributed by atoms with van der Waals surface area (Å²) in [5, 5.41) is 8.77. The van der Waals surface area contributed by atoms with E-state index in [1.165, 1.54) is 27.1 Å². The van der Waals surface area contributed by atoms with Crippen LogP contribution in [0.25, 0.3) is 43.1 Å². The van der Waals surface area contributed by atoms with Crippen LogP contribution in [0, 0.1) is 13.8 Å². The minimum absolute atomic E-state index is 0. The second kappa shape index (κ2) is 18.3. The Hall–Kier alpha value is -5.96. The third-order valence-electron chi connectivity index (χ3n) is 10.2. The van der Waals surface area contributed by atoms with E-state index in [-0.39, 0.29) is 30.4 Å². The van der Waals surface area contributed by atoms with Crippen LogP contribution in [0.2, 0.25) is 0 Å². The van der Waals surface area contributed by atoms with E-state index in [0.717, 1.165) is 49.6 Å². The van der Waals surface area contributed by atoms with Gasteiger partial charge in [-0.3, -0.25) is 4.79 Å². The largest absolute Gasteiger partial charge is 0.493 e. The molecule has 0 unspecified atom stereocenters. The summed E-state index contributed by atoms with van der Waals surface area (Å²) < 4.78 is 27.5. The van der Waals surface area contributed by atoms with E-state index in [9.17, 15) is 4.79 Å². The molecule has 8 nitrogen and oxygen atoms in total. The minimum atomic E-state index is -0.0691. The number of pyridine rings is 2. The van der Waals surface area contributed by atoms with E-state index in [4.69, 9.17) is 28.7 Å². The molecule has 8 rings (SSSR count). The van der Waals surface area contributed by atoms with Crippen molar-refractivity contribution in [3.63, 3.8) is 0 Å². The van der Waals surface area contributed by atoms with Gasteiger partial charge in [0, 0.05) is 46.1 Å². The van der Waals surface area contributed by atoms with Crippen molar-refractivity contribution in [2.75, 3.05) is 35.5 Å². The molecule has 2 aromatic heterocycles. The fraction of sp³-hybridized carbons (Fsp3) is 0.191. The summed E-state index contributed by atoms with van der Waals surface area (Å²) in [6, 6.07) is 37.3. The number of rotatable bonds is 9. The fourth-order valence-corrected chi connectivity index (χ4v) is 7.32. The zero-order valence-corrected chi connectivity index (χ0v) is 34.7. The van der Waals surface area contributed by atoms with E-state index in [1.54, 1.807) is 35.5 Å². The first-order valence-electron chi connectivity index (χ1n) is 18.1. The van der Waals surface area contributed by atoms with Crippen LogP contribution < -0.4 is 29.2 Å². The molecular formula is C47H46Cl2N2O6. The van der Waals surface area contributed by atoms with Crippen LogP contribution in [-0.2, 0) is 12.8 Å². The van der Waals surface area contributed by atoms with Crippen LogP contribution in [0.1, 0.15) is 33.6 Å². The third-order valence-corrected chi connectivity index (χ3v) is 10.2. The van der Waals surface area contributed by atoms with E-state index >= 15 is 0 Å². The zero-order valence-electron chi connectivity index (χ0n) is 33.0. The maximum absolute atomic E-state index is 12.7. The maximum atomic E-state index is 12.7. The molecule has 0 atom stereocenters. The Balaban J connectivity index is 0.000000210. The smallest absolute Gasteiger partial charge is 0.252 e. The maximum Gasteiger partial charge on any atom is 0.252 e. The van der Waals surface area contributed by atoms with Gasteiger partial charge < -0.3 is 28.7 Å². The number of aromatic amines is 1. The van der Waals surface area contributed by atoms with Gasteiger partial charge in [-0.1, -0.05) is 84.9 Å². The molecule has 2 heterocycles. The molecule has 0 spiro atoms. The molecule has 0 aliphatic rings. The van der Waals surface area contributed by atoms with Crippen LogP contribution in [-0.4, -0.2) is 45.5 Å². The van der Waals surface area contributed by atoms with E-state index in [1.807, 2.05) is 50.2 Å². The SMILES string of the molecule is COc1cc2c(C)[nH]c(=O)c(Cc3ccc4ccccc4c3)c2cc1OC.COc1cc2c(C)nc(OC)c(Cc3ccc4ccccc4c3)c2cc1OC.Cl.Cl. The molecule has 0 radical (unpaired) electrons. The number of ether oxygens (including phenoxy) is 5. The predicted octanol–water partition coefficient (Wildman–Crippen LogP) is 10.8. The number of aromatic nitrogens is 2. The van der Waals surface area contributed by atoms with E-state index in [2.05, 4.69) is 77.8 Å². The second-order valence-electron chi connectivity index (χ2n) is 13.5. The number of fused-ring (bicyclic) bond motifs is 4. The molecule has 1 N–H and O–H groups in total. The number of aryl methyl sites for hydroxylation is 2. The van der Waals surface area contributed by atoms with Gasteiger partial charge in [-0.25, -0.2) is 4.98 Å². The molecule has 10 heteroatoms. The number of methoxy groups -OCH3 is 5. The first-order valence-corrected chi connectivity index (χ1v) is 18.1. The van der Waals surface area contributed by atoms with Crippen molar-refractivity contribution in [3.8, 4) is 28.9 Å². The minimum Gasteiger partial charge on any atom is -0.493 e. The molecule has 0 aliphatic carbocycles. The summed E-state index contributed by atoms with van der Waals surface area (Å²) in [4.78, 5) is 20.4. The first-order chi connectivity index (χ1) is 26.7. The third kappa shape index (κ3) is 8.58. The molecule has 8 aromatic rings. The topological polar surface area (TPSA) is 91.9 Å². The molecular weight excluding hydrogens is 759 g/mol. The Kier molecular flexibility index (Phi) is 13.6. The molecule has 0 fully saturated rings. The number of halogens is 2. The number of benzene rings is 6. The van der Waals surface area contributed by atoms with Gasteiger partial charge in [0.1, 0.15) is 0 Å². The molecule has 0 amide bonds. The lowest BCUT2D eigenvalue weighted by molar-refractivity contribution is 0.355. The van der Waals surface area contributed by atoms with Crippen LogP contribution >= 0.6 is 24.8 Å². The Morgan fingerprint density at radius 3 is 1.39 bits per heavy atom. The number of hydrogen-bond acceptors (Lipinski definition) is 7. The highest BCUT2D eigenvalue weighted by Crippen LogP contribution is 2.39. The first kappa shape index (κ1) is 42.2. The molecule has 0 aliphatic heterocycles. The predicted molar refractivity (Wildman–Crippen MR) is 237 cm³/mol. The average Bonchev–Trinajstić information content (AvgIpc) is 3.22. The summed E-state index contributed by atoms with van der Waals surface area (Å²) >= 11 is 0. The summed E-state index contributed by atoms with van der Waals surface area (Å²) in [6.07, 6.45) is 1.26. The van der Waals surface area contributed by atoms with Gasteiger partial charge in [-0.2, -0.15) is 0 Å². The highest BCUT2D eigenvalue weighted by atomic mass is 35.5. The summed E-state index contributed by atoms with van der Waals surface area (Å²) in [5.74, 6) is 3.31. The van der Waals surface area contributed by atoms with Gasteiger partial charge in [0.15, 0.2) is 23.0 Å². The van der Waals surface area contributed by atoms with Crippen LogP contribution in [0.3, 0.4) is 0 Å². The number of hydrogen-bond donors (Lipinski definition) is 1. The molecule has 6 aromatic carbocycles. The average molecular weight is 806 g/mol. The van der Waals surface area contributed by atoms with Crippen molar-refractivity contribution in [2.45, 2.75) is 26.7 Å². The van der Waals surface area contributed by atoms with Crippen molar-refractivity contribution in [1.29, 1.82) is 0 Å². The second-order valence-corrected chi connectivity index (χ2v) is 13.5. The molecule has 294 valence electrons. The van der Waals surface area contributed by atoms with Crippen LogP contribution in [0.4, 0.5) is 0 Å². The van der Waals surface area contributed by atoms with Crippen LogP contribution in [0.15, 0.2) is 114 Å². The Morgan fingerprint density at radius 2 is 0.912 bits per heavy atom. The quantitative estimate of drug-likeness (QED) is 0.155. The Labute approximate surface area is 344 Å². The lowest BCUT2D eigenvalue weighted by Gasteiger charge is -2.16.